The van der Waals surface area contributed by atoms with Crippen molar-refractivity contribution in [2.75, 3.05) is 13.2 Å². The first kappa shape index (κ1) is 32.9. The van der Waals surface area contributed by atoms with Crippen molar-refractivity contribution in [1.29, 1.82) is 0 Å². The van der Waals surface area contributed by atoms with E-state index in [2.05, 4.69) is 27.7 Å². The lowest BCUT2D eigenvalue weighted by Gasteiger charge is -2.10. The molecule has 0 rings (SSSR count). The standard InChI is InChI=1S/C30H58O4/c1-5-21-27(3)25-33-29(31)23-19-17-15-13-11-9-7-8-10-12-14-16-18-20-24-30(32)34-26-28(4)22-6-2/h27-28H,5-26H2,1-4H3. The minimum atomic E-state index is -0.0158. The van der Waals surface area contributed by atoms with Crippen molar-refractivity contribution < 1.29 is 19.1 Å². The summed E-state index contributed by atoms with van der Waals surface area (Å²) in [6.45, 7) is 9.80. The quantitative estimate of drug-likeness (QED) is 0.0961. The van der Waals surface area contributed by atoms with Crippen LogP contribution in [-0.4, -0.2) is 25.2 Å². The van der Waals surface area contributed by atoms with Gasteiger partial charge in [-0.1, -0.05) is 118 Å². The predicted octanol–water partition coefficient (Wildman–Crippen LogP) is 9.19. The van der Waals surface area contributed by atoms with Crippen LogP contribution in [0.3, 0.4) is 0 Å². The number of esters is 2. The van der Waals surface area contributed by atoms with Crippen LogP contribution in [0, 0.1) is 11.8 Å². The molecule has 0 spiro atoms. The Morgan fingerprint density at radius 2 is 0.765 bits per heavy atom. The Labute approximate surface area is 212 Å². The van der Waals surface area contributed by atoms with Crippen LogP contribution in [0.15, 0.2) is 0 Å². The number of ether oxygens (including phenoxy) is 2. The van der Waals surface area contributed by atoms with E-state index in [4.69, 9.17) is 9.47 Å². The summed E-state index contributed by atoms with van der Waals surface area (Å²) in [4.78, 5) is 23.5. The first-order chi connectivity index (χ1) is 16.5. The number of carbonyl (C=O) groups is 2. The van der Waals surface area contributed by atoms with Gasteiger partial charge in [-0.2, -0.15) is 0 Å². The largest absolute Gasteiger partial charge is 0.465 e. The second-order valence-electron chi connectivity index (χ2n) is 10.6. The van der Waals surface area contributed by atoms with Gasteiger partial charge in [-0.15, -0.1) is 0 Å². The van der Waals surface area contributed by atoms with Crippen molar-refractivity contribution in [3.8, 4) is 0 Å². The molecule has 0 N–H and O–H groups in total. The van der Waals surface area contributed by atoms with Crippen molar-refractivity contribution in [1.82, 2.24) is 0 Å². The molecule has 0 aromatic heterocycles. The van der Waals surface area contributed by atoms with Crippen LogP contribution in [0.5, 0.6) is 0 Å². The fourth-order valence-corrected chi connectivity index (χ4v) is 4.43. The van der Waals surface area contributed by atoms with E-state index in [0.29, 0.717) is 37.9 Å². The van der Waals surface area contributed by atoms with Gasteiger partial charge in [0.2, 0.25) is 0 Å². The van der Waals surface area contributed by atoms with Crippen LogP contribution in [0.2, 0.25) is 0 Å². The van der Waals surface area contributed by atoms with E-state index in [-0.39, 0.29) is 11.9 Å². The molecule has 0 aromatic carbocycles. The Morgan fingerprint density at radius 3 is 1.03 bits per heavy atom. The molecule has 0 aliphatic rings. The first-order valence-electron chi connectivity index (χ1n) is 14.8. The molecule has 34 heavy (non-hydrogen) atoms. The summed E-state index contributed by atoms with van der Waals surface area (Å²) >= 11 is 0. The maximum atomic E-state index is 11.7. The highest BCUT2D eigenvalue weighted by atomic mass is 16.5. The molecule has 0 radical (unpaired) electrons. The average molecular weight is 483 g/mol. The maximum Gasteiger partial charge on any atom is 0.305 e. The van der Waals surface area contributed by atoms with Gasteiger partial charge in [0.05, 0.1) is 13.2 Å². The van der Waals surface area contributed by atoms with Gasteiger partial charge in [-0.3, -0.25) is 9.59 Å². The Balaban J connectivity index is 3.25. The average Bonchev–Trinajstić information content (AvgIpc) is 2.81. The number of unbranched alkanes of at least 4 members (excludes halogenated alkanes) is 13. The van der Waals surface area contributed by atoms with Crippen LogP contribution in [0.25, 0.3) is 0 Å². The zero-order chi connectivity index (χ0) is 25.3. The fraction of sp³-hybridized carbons (Fsp3) is 0.933. The topological polar surface area (TPSA) is 52.6 Å². The van der Waals surface area contributed by atoms with Crippen molar-refractivity contribution in [2.24, 2.45) is 11.8 Å². The molecule has 0 aliphatic carbocycles. The van der Waals surface area contributed by atoms with Gasteiger partial charge in [-0.05, 0) is 37.5 Å². The van der Waals surface area contributed by atoms with Crippen molar-refractivity contribution in [2.45, 2.75) is 156 Å². The summed E-state index contributed by atoms with van der Waals surface area (Å²) in [6, 6.07) is 0. The van der Waals surface area contributed by atoms with E-state index in [1.165, 1.54) is 64.2 Å². The molecule has 0 amide bonds. The Kier molecular flexibility index (Phi) is 24.3. The molecule has 0 bridgehead atoms. The Bertz CT molecular complexity index is 421. The lowest BCUT2D eigenvalue weighted by atomic mass is 10.0. The van der Waals surface area contributed by atoms with Gasteiger partial charge in [-0.25, -0.2) is 0 Å². The highest BCUT2D eigenvalue weighted by Gasteiger charge is 2.07. The van der Waals surface area contributed by atoms with Gasteiger partial charge in [0.25, 0.3) is 0 Å². The molecule has 4 heteroatoms. The zero-order valence-electron chi connectivity index (χ0n) is 23.3. The molecule has 0 heterocycles. The van der Waals surface area contributed by atoms with Gasteiger partial charge in [0, 0.05) is 12.8 Å². The first-order valence-corrected chi connectivity index (χ1v) is 14.8. The number of hydrogen-bond acceptors (Lipinski definition) is 4. The van der Waals surface area contributed by atoms with E-state index in [9.17, 15) is 9.59 Å². The third kappa shape index (κ3) is 24.1. The van der Waals surface area contributed by atoms with Crippen LogP contribution < -0.4 is 0 Å². The number of carbonyl (C=O) groups excluding carboxylic acids is 2. The minimum Gasteiger partial charge on any atom is -0.465 e. The van der Waals surface area contributed by atoms with E-state index in [1.807, 2.05) is 0 Å². The van der Waals surface area contributed by atoms with Crippen LogP contribution in [0.4, 0.5) is 0 Å². The van der Waals surface area contributed by atoms with Gasteiger partial charge < -0.3 is 9.47 Å². The summed E-state index contributed by atoms with van der Waals surface area (Å²) in [6.07, 6.45) is 23.1. The van der Waals surface area contributed by atoms with Crippen LogP contribution in [0.1, 0.15) is 156 Å². The molecule has 202 valence electrons. The highest BCUT2D eigenvalue weighted by molar-refractivity contribution is 5.69. The Hall–Kier alpha value is -1.06. The number of rotatable bonds is 25. The molecule has 0 saturated carbocycles. The lowest BCUT2D eigenvalue weighted by Crippen LogP contribution is -2.11. The van der Waals surface area contributed by atoms with E-state index >= 15 is 0 Å². The van der Waals surface area contributed by atoms with Gasteiger partial charge in [0.15, 0.2) is 0 Å². The summed E-state index contributed by atoms with van der Waals surface area (Å²) in [5.41, 5.74) is 0. The molecule has 0 fully saturated rings. The molecule has 0 aromatic rings. The molecule has 2 atom stereocenters. The smallest absolute Gasteiger partial charge is 0.305 e. The Morgan fingerprint density at radius 1 is 0.500 bits per heavy atom. The summed E-state index contributed by atoms with van der Waals surface area (Å²) in [7, 11) is 0. The van der Waals surface area contributed by atoms with Crippen LogP contribution >= 0.6 is 0 Å². The van der Waals surface area contributed by atoms with Crippen molar-refractivity contribution in [3.05, 3.63) is 0 Å². The molecule has 4 nitrogen and oxygen atoms in total. The minimum absolute atomic E-state index is 0.0158. The van der Waals surface area contributed by atoms with Gasteiger partial charge >= 0.3 is 11.9 Å². The molecule has 0 aliphatic heterocycles. The van der Waals surface area contributed by atoms with Crippen LogP contribution in [-0.2, 0) is 19.1 Å². The van der Waals surface area contributed by atoms with Crippen molar-refractivity contribution in [3.63, 3.8) is 0 Å². The maximum absolute atomic E-state index is 11.7. The third-order valence-corrected chi connectivity index (χ3v) is 6.63. The van der Waals surface area contributed by atoms with E-state index in [1.54, 1.807) is 0 Å². The van der Waals surface area contributed by atoms with E-state index in [0.717, 1.165) is 51.4 Å². The second kappa shape index (κ2) is 25.0. The molecular formula is C30H58O4. The second-order valence-corrected chi connectivity index (χ2v) is 10.6. The molecular weight excluding hydrogens is 424 g/mol. The highest BCUT2D eigenvalue weighted by Crippen LogP contribution is 2.14. The third-order valence-electron chi connectivity index (χ3n) is 6.63. The lowest BCUT2D eigenvalue weighted by molar-refractivity contribution is -0.146. The van der Waals surface area contributed by atoms with E-state index < -0.39 is 0 Å². The summed E-state index contributed by atoms with van der Waals surface area (Å²) in [5.74, 6) is 0.941. The SMILES string of the molecule is CCCC(C)COC(=O)CCCCCCCCCCCCCCCCC(=O)OCC(C)CCC. The monoisotopic (exact) mass is 482 g/mol. The van der Waals surface area contributed by atoms with Gasteiger partial charge in [0.1, 0.15) is 0 Å². The zero-order valence-corrected chi connectivity index (χ0v) is 23.3. The normalized spacial score (nSPS) is 12.9. The fourth-order valence-electron chi connectivity index (χ4n) is 4.43. The summed E-state index contributed by atoms with van der Waals surface area (Å²) in [5, 5.41) is 0. The number of hydrogen-bond donors (Lipinski definition) is 0. The predicted molar refractivity (Wildman–Crippen MR) is 144 cm³/mol. The summed E-state index contributed by atoms with van der Waals surface area (Å²) < 4.78 is 10.7. The molecule has 2 unspecified atom stereocenters. The molecule has 0 saturated heterocycles. The van der Waals surface area contributed by atoms with Crippen molar-refractivity contribution >= 4 is 11.9 Å².